The van der Waals surface area contributed by atoms with Crippen molar-refractivity contribution in [3.8, 4) is 0 Å². The third-order valence-corrected chi connectivity index (χ3v) is 10.6. The summed E-state index contributed by atoms with van der Waals surface area (Å²) in [6, 6.07) is 26.8. The standard InChI is InChI=1S/C35H48O3S/c1-3-5-7-9-11-14-18-30-22-26-33(27-23-30)39(38-35(36)37,32-20-16-13-17-21-32)34-28-24-31(25-29-34)19-15-12-10-8-6-4-2/h13,16-17,20-29H,3-12,14-15,18-19H2,1-2H3,(H,36,37). The SMILES string of the molecule is CCCCCCCCc1ccc(S(OC(=O)O)(c2ccccc2)c2ccc(CCCCCCCC)cc2)cc1. The molecule has 3 aromatic rings. The lowest BCUT2D eigenvalue weighted by Gasteiger charge is -2.38. The Kier molecular flexibility index (Phi) is 13.5. The predicted molar refractivity (Wildman–Crippen MR) is 165 cm³/mol. The molecular weight excluding hydrogens is 500 g/mol. The average Bonchev–Trinajstić information content (AvgIpc) is 2.96. The molecule has 0 saturated carbocycles. The van der Waals surface area contributed by atoms with E-state index < -0.39 is 16.5 Å². The van der Waals surface area contributed by atoms with Crippen LogP contribution >= 0.6 is 10.3 Å². The van der Waals surface area contributed by atoms with Crippen LogP contribution in [0.1, 0.15) is 102 Å². The first kappa shape index (κ1) is 30.8. The van der Waals surface area contributed by atoms with E-state index in [-0.39, 0.29) is 0 Å². The van der Waals surface area contributed by atoms with Crippen LogP contribution in [0.25, 0.3) is 0 Å². The molecule has 0 bridgehead atoms. The Morgan fingerprint density at radius 2 is 0.949 bits per heavy atom. The van der Waals surface area contributed by atoms with Crippen LogP contribution in [0.2, 0.25) is 0 Å². The summed E-state index contributed by atoms with van der Waals surface area (Å²) in [5.74, 6) is 0. The van der Waals surface area contributed by atoms with E-state index in [2.05, 4.69) is 62.4 Å². The Morgan fingerprint density at radius 1 is 0.564 bits per heavy atom. The van der Waals surface area contributed by atoms with Crippen molar-refractivity contribution in [2.75, 3.05) is 0 Å². The largest absolute Gasteiger partial charge is 0.517 e. The van der Waals surface area contributed by atoms with Gasteiger partial charge >= 0.3 is 6.16 Å². The second-order valence-corrected chi connectivity index (χ2v) is 13.2. The average molecular weight is 549 g/mol. The lowest BCUT2D eigenvalue weighted by Crippen LogP contribution is -2.12. The first-order chi connectivity index (χ1) is 19.1. The van der Waals surface area contributed by atoms with E-state index in [4.69, 9.17) is 4.18 Å². The van der Waals surface area contributed by atoms with E-state index in [0.717, 1.165) is 27.5 Å². The maximum atomic E-state index is 12.2. The number of hydrogen-bond donors (Lipinski definition) is 1. The Labute approximate surface area is 238 Å². The first-order valence-electron chi connectivity index (χ1n) is 15.1. The van der Waals surface area contributed by atoms with E-state index >= 15 is 0 Å². The fourth-order valence-corrected chi connectivity index (χ4v) is 8.08. The highest BCUT2D eigenvalue weighted by molar-refractivity contribution is 8.30. The van der Waals surface area contributed by atoms with E-state index in [0.29, 0.717) is 0 Å². The predicted octanol–water partition coefficient (Wildman–Crippen LogP) is 11.4. The van der Waals surface area contributed by atoms with Crippen LogP contribution in [-0.4, -0.2) is 11.3 Å². The van der Waals surface area contributed by atoms with Gasteiger partial charge in [0, 0.05) is 14.7 Å². The Bertz CT molecular complexity index is 1020. The van der Waals surface area contributed by atoms with Gasteiger partial charge in [-0.15, -0.1) is 0 Å². The summed E-state index contributed by atoms with van der Waals surface area (Å²) in [6.07, 6.45) is 16.2. The molecule has 212 valence electrons. The number of hydrogen-bond acceptors (Lipinski definition) is 2. The van der Waals surface area contributed by atoms with Gasteiger partial charge in [-0.2, -0.15) is 0 Å². The topological polar surface area (TPSA) is 46.5 Å². The number of rotatable bonds is 18. The molecule has 0 amide bonds. The normalized spacial score (nSPS) is 11.8. The van der Waals surface area contributed by atoms with E-state index in [9.17, 15) is 9.90 Å². The van der Waals surface area contributed by atoms with Gasteiger partial charge in [-0.25, -0.2) is 4.79 Å². The second kappa shape index (κ2) is 17.1. The van der Waals surface area contributed by atoms with Gasteiger partial charge in [0.25, 0.3) is 0 Å². The van der Waals surface area contributed by atoms with Crippen LogP contribution in [0.3, 0.4) is 0 Å². The summed E-state index contributed by atoms with van der Waals surface area (Å²) < 4.78 is 5.95. The monoisotopic (exact) mass is 548 g/mol. The number of unbranched alkanes of at least 4 members (excludes halogenated alkanes) is 10. The van der Waals surface area contributed by atoms with Crippen LogP contribution in [0.5, 0.6) is 0 Å². The van der Waals surface area contributed by atoms with Crippen molar-refractivity contribution in [3.63, 3.8) is 0 Å². The molecule has 0 spiro atoms. The molecule has 0 aliphatic carbocycles. The zero-order valence-electron chi connectivity index (χ0n) is 24.1. The molecule has 0 unspecified atom stereocenters. The maximum absolute atomic E-state index is 12.2. The lowest BCUT2D eigenvalue weighted by atomic mass is 10.1. The smallest absolute Gasteiger partial charge is 0.449 e. The highest BCUT2D eigenvalue weighted by atomic mass is 32.3. The highest BCUT2D eigenvalue weighted by Crippen LogP contribution is 2.69. The molecule has 3 aromatic carbocycles. The van der Waals surface area contributed by atoms with Crippen LogP contribution < -0.4 is 0 Å². The van der Waals surface area contributed by atoms with E-state index in [1.807, 2.05) is 30.3 Å². The summed E-state index contributed by atoms with van der Waals surface area (Å²) in [5.41, 5.74) is 2.58. The summed E-state index contributed by atoms with van der Waals surface area (Å²) in [7, 11) is -2.44. The lowest BCUT2D eigenvalue weighted by molar-refractivity contribution is 0.150. The quantitative estimate of drug-likeness (QED) is 0.161. The summed E-state index contributed by atoms with van der Waals surface area (Å²) in [4.78, 5) is 14.9. The van der Waals surface area contributed by atoms with Gasteiger partial charge in [0.1, 0.15) is 0 Å². The Hall–Kier alpha value is -2.72. The maximum Gasteiger partial charge on any atom is 0.517 e. The molecule has 3 nitrogen and oxygen atoms in total. The van der Waals surface area contributed by atoms with Crippen molar-refractivity contribution in [3.05, 3.63) is 90.0 Å². The Morgan fingerprint density at radius 3 is 1.36 bits per heavy atom. The first-order valence-corrected chi connectivity index (χ1v) is 16.6. The molecule has 3 rings (SSSR count). The molecular formula is C35H48O3S. The third-order valence-electron chi connectivity index (χ3n) is 7.42. The summed E-state index contributed by atoms with van der Waals surface area (Å²) in [5, 5.41) is 9.95. The van der Waals surface area contributed by atoms with Crippen molar-refractivity contribution in [1.82, 2.24) is 0 Å². The number of carboxylic acid groups (broad SMARTS) is 1. The summed E-state index contributed by atoms with van der Waals surface area (Å²) in [6.45, 7) is 4.50. The third kappa shape index (κ3) is 9.46. The Balaban J connectivity index is 1.83. The molecule has 0 heterocycles. The summed E-state index contributed by atoms with van der Waals surface area (Å²) >= 11 is 0. The van der Waals surface area contributed by atoms with Gasteiger partial charge in [-0.3, -0.25) is 0 Å². The second-order valence-electron chi connectivity index (χ2n) is 10.5. The molecule has 4 heteroatoms. The molecule has 0 fully saturated rings. The van der Waals surface area contributed by atoms with Crippen molar-refractivity contribution in [1.29, 1.82) is 0 Å². The van der Waals surface area contributed by atoms with Gasteiger partial charge in [-0.05, 0) is 83.5 Å². The molecule has 0 atom stereocenters. The zero-order chi connectivity index (χ0) is 27.8. The zero-order valence-corrected chi connectivity index (χ0v) is 24.9. The fraction of sp³-hybridized carbons (Fsp3) is 0.457. The van der Waals surface area contributed by atoms with E-state index in [1.54, 1.807) is 0 Å². The van der Waals surface area contributed by atoms with Gasteiger partial charge < -0.3 is 9.29 Å². The molecule has 0 aliphatic rings. The van der Waals surface area contributed by atoms with Crippen LogP contribution in [0, 0.1) is 0 Å². The number of benzene rings is 3. The molecule has 0 radical (unpaired) electrons. The fourth-order valence-electron chi connectivity index (χ4n) is 5.19. The molecule has 0 aliphatic heterocycles. The molecule has 0 aromatic heterocycles. The van der Waals surface area contributed by atoms with Gasteiger partial charge in [0.2, 0.25) is 0 Å². The van der Waals surface area contributed by atoms with Gasteiger partial charge in [-0.1, -0.05) is 121 Å². The molecule has 1 N–H and O–H groups in total. The number of carbonyl (C=O) groups is 1. The minimum absolute atomic E-state index is 0.889. The van der Waals surface area contributed by atoms with E-state index in [1.165, 1.54) is 88.2 Å². The van der Waals surface area contributed by atoms with Crippen molar-refractivity contribution < 1.29 is 14.1 Å². The van der Waals surface area contributed by atoms with Crippen LogP contribution in [0.4, 0.5) is 4.79 Å². The van der Waals surface area contributed by atoms with Crippen LogP contribution in [0.15, 0.2) is 93.5 Å². The van der Waals surface area contributed by atoms with Crippen molar-refractivity contribution in [2.45, 2.75) is 118 Å². The number of aryl methyl sites for hydroxylation is 2. The minimum atomic E-state index is -2.44. The van der Waals surface area contributed by atoms with Crippen molar-refractivity contribution >= 4 is 16.5 Å². The van der Waals surface area contributed by atoms with Gasteiger partial charge in [0.05, 0.1) is 0 Å². The minimum Gasteiger partial charge on any atom is -0.449 e. The van der Waals surface area contributed by atoms with Crippen LogP contribution in [-0.2, 0) is 17.0 Å². The van der Waals surface area contributed by atoms with Crippen molar-refractivity contribution in [2.24, 2.45) is 0 Å². The highest BCUT2D eigenvalue weighted by Gasteiger charge is 2.35. The molecule has 0 saturated heterocycles. The van der Waals surface area contributed by atoms with Gasteiger partial charge in [0.15, 0.2) is 0 Å². The molecule has 39 heavy (non-hydrogen) atoms.